The van der Waals surface area contributed by atoms with Crippen molar-refractivity contribution < 1.29 is 42.9 Å². The molecule has 2 heterocycles. The molecule has 11 nitrogen and oxygen atoms in total. The molecule has 0 bridgehead atoms. The fraction of sp³-hybridized carbons (Fsp3) is 0.520. The number of pyridine rings is 1. The molecule has 0 aliphatic carbocycles. The molecule has 36 heavy (non-hydrogen) atoms. The van der Waals surface area contributed by atoms with Crippen LogP contribution < -0.4 is 10.1 Å². The third-order valence-corrected chi connectivity index (χ3v) is 5.43. The van der Waals surface area contributed by atoms with E-state index in [2.05, 4.69) is 10.3 Å². The van der Waals surface area contributed by atoms with Crippen LogP contribution in [0.4, 0.5) is 0 Å². The third-order valence-electron chi connectivity index (χ3n) is 5.43. The second-order valence-corrected chi connectivity index (χ2v) is 8.60. The Labute approximate surface area is 209 Å². The van der Waals surface area contributed by atoms with Gasteiger partial charge in [-0.05, 0) is 38.8 Å². The van der Waals surface area contributed by atoms with E-state index in [0.717, 1.165) is 0 Å². The summed E-state index contributed by atoms with van der Waals surface area (Å²) in [4.78, 5) is 66.8. The van der Waals surface area contributed by atoms with Crippen LogP contribution in [0.1, 0.15) is 57.1 Å². The van der Waals surface area contributed by atoms with Crippen molar-refractivity contribution in [1.29, 1.82) is 0 Å². The Hall–Kier alpha value is -3.76. The Balaban J connectivity index is 2.29. The molecule has 1 N–H and O–H groups in total. The molecule has 4 atom stereocenters. The van der Waals surface area contributed by atoms with Crippen LogP contribution in [0.5, 0.6) is 5.75 Å². The molecule has 1 aromatic rings. The zero-order valence-corrected chi connectivity index (χ0v) is 21.2. The molecule has 1 amide bonds. The first-order valence-corrected chi connectivity index (χ1v) is 11.7. The highest BCUT2D eigenvalue weighted by Gasteiger charge is 2.41. The lowest BCUT2D eigenvalue weighted by Crippen LogP contribution is -2.47. The summed E-state index contributed by atoms with van der Waals surface area (Å²) in [6.45, 7) is 9.23. The lowest BCUT2D eigenvalue weighted by Gasteiger charge is -2.29. The molecule has 11 heteroatoms. The maximum Gasteiger partial charge on any atom is 0.335 e. The number of carbonyl (C=O) groups is 5. The minimum atomic E-state index is -1.39. The molecular weight excluding hydrogens is 472 g/mol. The summed E-state index contributed by atoms with van der Waals surface area (Å²) in [5.74, 6) is -5.11. The number of amides is 1. The van der Waals surface area contributed by atoms with E-state index in [1.807, 2.05) is 0 Å². The van der Waals surface area contributed by atoms with Gasteiger partial charge >= 0.3 is 23.9 Å². The number of cyclic esters (lactones) is 2. The van der Waals surface area contributed by atoms with Crippen molar-refractivity contribution in [3.8, 4) is 5.75 Å². The summed E-state index contributed by atoms with van der Waals surface area (Å²) in [5.41, 5.74) is 0.223. The van der Waals surface area contributed by atoms with Crippen molar-refractivity contribution >= 4 is 29.8 Å². The van der Waals surface area contributed by atoms with Crippen LogP contribution in [0.15, 0.2) is 24.4 Å². The zero-order chi connectivity index (χ0) is 27.0. The van der Waals surface area contributed by atoms with E-state index in [1.165, 1.54) is 25.3 Å². The summed E-state index contributed by atoms with van der Waals surface area (Å²) in [7, 11) is 0. The molecule has 4 unspecified atom stereocenters. The predicted molar refractivity (Wildman–Crippen MR) is 126 cm³/mol. The quantitative estimate of drug-likeness (QED) is 0.332. The number of ether oxygens (including phenoxy) is 4. The van der Waals surface area contributed by atoms with E-state index >= 15 is 0 Å². The number of aryl methyl sites for hydroxylation is 1. The summed E-state index contributed by atoms with van der Waals surface area (Å²) in [6, 6.07) is 0.165. The smallest absolute Gasteiger partial charge is 0.335 e. The maximum absolute atomic E-state index is 13.0. The fourth-order valence-electron chi connectivity index (χ4n) is 3.41. The van der Waals surface area contributed by atoms with Crippen molar-refractivity contribution in [2.24, 2.45) is 11.8 Å². The molecule has 1 aliphatic heterocycles. The molecule has 0 spiro atoms. The number of aromatic nitrogens is 1. The number of hydrogen-bond donors (Lipinski definition) is 1. The average molecular weight is 505 g/mol. The van der Waals surface area contributed by atoms with E-state index in [1.54, 1.807) is 40.7 Å². The van der Waals surface area contributed by atoms with E-state index in [0.29, 0.717) is 5.56 Å². The molecule has 2 rings (SSSR count). The van der Waals surface area contributed by atoms with Gasteiger partial charge in [0.1, 0.15) is 12.7 Å². The molecule has 1 aliphatic rings. The molecule has 196 valence electrons. The number of carbonyl (C=O) groups excluding carboxylic acids is 5. The second kappa shape index (κ2) is 12.8. The molecule has 0 saturated carbocycles. The monoisotopic (exact) mass is 504 g/mol. The first-order valence-electron chi connectivity index (χ1n) is 11.7. The summed E-state index contributed by atoms with van der Waals surface area (Å²) < 4.78 is 21.5. The second-order valence-electron chi connectivity index (χ2n) is 8.60. The SMILES string of the molecule is C/C=C/C(=O)Oc1c(C)ccnc1C(=O)NC1COC(=O)C(CC)C(OC(=O)C(C)C)C(C)OC1=O. The Morgan fingerprint density at radius 2 is 1.94 bits per heavy atom. The maximum atomic E-state index is 13.0. The van der Waals surface area contributed by atoms with Crippen LogP contribution >= 0.6 is 0 Å². The van der Waals surface area contributed by atoms with Crippen LogP contribution in [0.2, 0.25) is 0 Å². The molecule has 0 aromatic carbocycles. The first-order chi connectivity index (χ1) is 17.0. The van der Waals surface area contributed by atoms with Crippen LogP contribution in [-0.2, 0) is 33.4 Å². The summed E-state index contributed by atoms with van der Waals surface area (Å²) >= 11 is 0. The first kappa shape index (κ1) is 28.5. The molecule has 1 aromatic heterocycles. The van der Waals surface area contributed by atoms with Gasteiger partial charge in [0.25, 0.3) is 5.91 Å². The Kier molecular flexibility index (Phi) is 10.1. The highest BCUT2D eigenvalue weighted by atomic mass is 16.6. The number of rotatable bonds is 7. The zero-order valence-electron chi connectivity index (χ0n) is 21.2. The standard InChI is InChI=1S/C25H32N2O9/c1-7-9-18(28)35-20-14(5)10-11-26-19(20)22(29)27-17-12-33-24(31)16(8-2)21(15(6)34-25(17)32)36-23(30)13(3)4/h7,9-11,13,15-17,21H,8,12H2,1-6H3,(H,27,29)/b9-7+. The van der Waals surface area contributed by atoms with Gasteiger partial charge in [-0.2, -0.15) is 0 Å². The van der Waals surface area contributed by atoms with Gasteiger partial charge < -0.3 is 24.3 Å². The molecular formula is C25H32N2O9. The highest BCUT2D eigenvalue weighted by Crippen LogP contribution is 2.24. The van der Waals surface area contributed by atoms with Crippen LogP contribution in [0, 0.1) is 18.8 Å². The number of esters is 4. The molecule has 0 radical (unpaired) electrons. The topological polar surface area (TPSA) is 147 Å². The van der Waals surface area contributed by atoms with E-state index in [-0.39, 0.29) is 17.9 Å². The largest absolute Gasteiger partial charge is 0.463 e. The Bertz CT molecular complexity index is 1030. The lowest BCUT2D eigenvalue weighted by molar-refractivity contribution is -0.176. The van der Waals surface area contributed by atoms with Gasteiger partial charge in [-0.3, -0.25) is 14.4 Å². The summed E-state index contributed by atoms with van der Waals surface area (Å²) in [6.07, 6.45) is 2.21. The van der Waals surface area contributed by atoms with Gasteiger partial charge in [0, 0.05) is 12.3 Å². The molecule has 1 saturated heterocycles. The van der Waals surface area contributed by atoms with E-state index in [9.17, 15) is 24.0 Å². The van der Waals surface area contributed by atoms with Crippen molar-refractivity contribution in [2.45, 2.75) is 66.2 Å². The minimum absolute atomic E-state index is 0.0772. The van der Waals surface area contributed by atoms with Crippen molar-refractivity contribution in [2.75, 3.05) is 6.61 Å². The van der Waals surface area contributed by atoms with Crippen LogP contribution in [0.25, 0.3) is 0 Å². The number of allylic oxidation sites excluding steroid dienone is 1. The average Bonchev–Trinajstić information content (AvgIpc) is 2.85. The van der Waals surface area contributed by atoms with Gasteiger partial charge in [-0.1, -0.05) is 26.8 Å². The number of nitrogens with zero attached hydrogens (tertiary/aromatic N) is 1. The van der Waals surface area contributed by atoms with Gasteiger partial charge in [-0.15, -0.1) is 0 Å². The van der Waals surface area contributed by atoms with Crippen molar-refractivity contribution in [3.63, 3.8) is 0 Å². The van der Waals surface area contributed by atoms with Gasteiger partial charge in [0.15, 0.2) is 23.6 Å². The van der Waals surface area contributed by atoms with Crippen LogP contribution in [-0.4, -0.2) is 59.6 Å². The lowest BCUT2D eigenvalue weighted by atomic mass is 9.95. The Morgan fingerprint density at radius 1 is 1.25 bits per heavy atom. The van der Waals surface area contributed by atoms with Crippen molar-refractivity contribution in [3.05, 3.63) is 35.7 Å². The predicted octanol–water partition coefficient (Wildman–Crippen LogP) is 2.05. The Morgan fingerprint density at radius 3 is 2.56 bits per heavy atom. The third kappa shape index (κ3) is 7.12. The van der Waals surface area contributed by atoms with Gasteiger partial charge in [-0.25, -0.2) is 14.6 Å². The molecule has 1 fully saturated rings. The highest BCUT2D eigenvalue weighted by molar-refractivity contribution is 5.99. The number of nitrogens with one attached hydrogen (secondary N) is 1. The fourth-order valence-corrected chi connectivity index (χ4v) is 3.41. The summed E-state index contributed by atoms with van der Waals surface area (Å²) in [5, 5.41) is 2.43. The normalized spacial score (nSPS) is 22.6. The minimum Gasteiger partial charge on any atom is -0.463 e. The van der Waals surface area contributed by atoms with Gasteiger partial charge in [0.2, 0.25) is 0 Å². The number of hydrogen-bond acceptors (Lipinski definition) is 10. The van der Waals surface area contributed by atoms with Crippen LogP contribution in [0.3, 0.4) is 0 Å². The van der Waals surface area contributed by atoms with Gasteiger partial charge in [0.05, 0.1) is 11.8 Å². The van der Waals surface area contributed by atoms with Crippen molar-refractivity contribution in [1.82, 2.24) is 10.3 Å². The van der Waals surface area contributed by atoms with E-state index in [4.69, 9.17) is 18.9 Å². The van der Waals surface area contributed by atoms with E-state index < -0.39 is 66.5 Å².